The molecule has 0 bridgehead atoms. The molecule has 0 saturated carbocycles. The van der Waals surface area contributed by atoms with Crippen molar-refractivity contribution in [2.24, 2.45) is 0 Å². The summed E-state index contributed by atoms with van der Waals surface area (Å²) in [5.41, 5.74) is 8.93. The second-order valence-corrected chi connectivity index (χ2v) is 4.43. The van der Waals surface area contributed by atoms with E-state index in [-0.39, 0.29) is 0 Å². The van der Waals surface area contributed by atoms with E-state index >= 15 is 0 Å². The van der Waals surface area contributed by atoms with Crippen molar-refractivity contribution in [3.05, 3.63) is 54.1 Å². The fourth-order valence-corrected chi connectivity index (χ4v) is 2.09. The van der Waals surface area contributed by atoms with Crippen LogP contribution in [0.4, 0.5) is 11.4 Å². The lowest BCUT2D eigenvalue weighted by molar-refractivity contribution is 0.417. The number of nitrogen functional groups attached to an aromatic ring is 1. The summed E-state index contributed by atoms with van der Waals surface area (Å²) < 4.78 is 5.28. The van der Waals surface area contributed by atoms with Gasteiger partial charge in [0, 0.05) is 24.8 Å². The molecule has 0 aliphatic carbocycles. The van der Waals surface area contributed by atoms with Crippen LogP contribution in [0.25, 0.3) is 0 Å². The summed E-state index contributed by atoms with van der Waals surface area (Å²) in [6.45, 7) is 3.96. The topological polar surface area (TPSA) is 38.5 Å². The van der Waals surface area contributed by atoms with Crippen molar-refractivity contribution in [2.45, 2.75) is 13.5 Å². The summed E-state index contributed by atoms with van der Waals surface area (Å²) in [6.07, 6.45) is 0. The Morgan fingerprint density at radius 3 is 2.47 bits per heavy atom. The van der Waals surface area contributed by atoms with Crippen molar-refractivity contribution in [3.8, 4) is 5.75 Å². The van der Waals surface area contributed by atoms with E-state index in [1.54, 1.807) is 7.11 Å². The first-order valence-corrected chi connectivity index (χ1v) is 6.47. The Kier molecular flexibility index (Phi) is 4.29. The van der Waals surface area contributed by atoms with Crippen molar-refractivity contribution >= 4 is 11.4 Å². The summed E-state index contributed by atoms with van der Waals surface area (Å²) in [7, 11) is 1.64. The molecule has 100 valence electrons. The minimum atomic E-state index is 0.669. The third-order valence-electron chi connectivity index (χ3n) is 3.18. The van der Waals surface area contributed by atoms with Crippen LogP contribution in [0.2, 0.25) is 0 Å². The fraction of sp³-hybridized carbons (Fsp3) is 0.250. The molecule has 0 saturated heterocycles. The summed E-state index contributed by atoms with van der Waals surface area (Å²) in [6, 6.07) is 16.3. The Morgan fingerprint density at radius 2 is 1.84 bits per heavy atom. The molecule has 0 radical (unpaired) electrons. The van der Waals surface area contributed by atoms with Crippen molar-refractivity contribution < 1.29 is 4.74 Å². The molecule has 0 fully saturated rings. The van der Waals surface area contributed by atoms with Crippen molar-refractivity contribution in [2.75, 3.05) is 24.3 Å². The van der Waals surface area contributed by atoms with Gasteiger partial charge in [-0.2, -0.15) is 0 Å². The zero-order valence-corrected chi connectivity index (χ0v) is 11.5. The molecule has 3 nitrogen and oxygen atoms in total. The molecule has 2 aromatic carbocycles. The third-order valence-corrected chi connectivity index (χ3v) is 3.18. The van der Waals surface area contributed by atoms with Crippen LogP contribution >= 0.6 is 0 Å². The van der Waals surface area contributed by atoms with E-state index in [1.807, 2.05) is 24.3 Å². The zero-order valence-electron chi connectivity index (χ0n) is 11.5. The highest BCUT2D eigenvalue weighted by Crippen LogP contribution is 2.28. The SMILES string of the molecule is CCN(Cc1ccccc1)c1ccc(N)c(OC)c1. The van der Waals surface area contributed by atoms with Gasteiger partial charge in [0.25, 0.3) is 0 Å². The molecule has 0 spiro atoms. The maximum atomic E-state index is 5.85. The van der Waals surface area contributed by atoms with Crippen LogP contribution in [0.5, 0.6) is 5.75 Å². The van der Waals surface area contributed by atoms with E-state index in [2.05, 4.69) is 36.1 Å². The minimum Gasteiger partial charge on any atom is -0.495 e. The molecule has 0 amide bonds. The number of ether oxygens (including phenoxy) is 1. The van der Waals surface area contributed by atoms with E-state index < -0.39 is 0 Å². The Morgan fingerprint density at radius 1 is 1.11 bits per heavy atom. The lowest BCUT2D eigenvalue weighted by Gasteiger charge is -2.24. The molecule has 0 heterocycles. The maximum absolute atomic E-state index is 5.85. The Hall–Kier alpha value is -2.16. The standard InChI is InChI=1S/C16H20N2O/c1-3-18(12-13-7-5-4-6-8-13)14-9-10-15(17)16(11-14)19-2/h4-11H,3,12,17H2,1-2H3. The number of hydrogen-bond donors (Lipinski definition) is 1. The van der Waals surface area contributed by atoms with E-state index in [0.29, 0.717) is 5.69 Å². The first-order chi connectivity index (χ1) is 9.24. The smallest absolute Gasteiger partial charge is 0.143 e. The maximum Gasteiger partial charge on any atom is 0.143 e. The van der Waals surface area contributed by atoms with E-state index in [1.165, 1.54) is 5.56 Å². The van der Waals surface area contributed by atoms with E-state index in [9.17, 15) is 0 Å². The lowest BCUT2D eigenvalue weighted by Crippen LogP contribution is -2.22. The first kappa shape index (κ1) is 13.3. The lowest BCUT2D eigenvalue weighted by atomic mass is 10.2. The zero-order chi connectivity index (χ0) is 13.7. The van der Waals surface area contributed by atoms with Crippen molar-refractivity contribution in [3.63, 3.8) is 0 Å². The predicted octanol–water partition coefficient (Wildman–Crippen LogP) is 3.30. The van der Waals surface area contributed by atoms with Gasteiger partial charge in [-0.15, -0.1) is 0 Å². The Balaban J connectivity index is 2.22. The molecule has 2 aromatic rings. The molecule has 2 N–H and O–H groups in total. The van der Waals surface area contributed by atoms with Gasteiger partial charge < -0.3 is 15.4 Å². The van der Waals surface area contributed by atoms with Crippen LogP contribution < -0.4 is 15.4 Å². The van der Waals surface area contributed by atoms with Crippen LogP contribution in [-0.4, -0.2) is 13.7 Å². The highest BCUT2D eigenvalue weighted by Gasteiger charge is 2.08. The van der Waals surface area contributed by atoms with Gasteiger partial charge in [0.2, 0.25) is 0 Å². The van der Waals surface area contributed by atoms with Crippen LogP contribution in [0.3, 0.4) is 0 Å². The number of nitrogens with two attached hydrogens (primary N) is 1. The summed E-state index contributed by atoms with van der Waals surface area (Å²) in [5.74, 6) is 0.726. The minimum absolute atomic E-state index is 0.669. The van der Waals surface area contributed by atoms with E-state index in [0.717, 1.165) is 24.5 Å². The summed E-state index contributed by atoms with van der Waals surface area (Å²) in [4.78, 5) is 2.29. The Bertz CT molecular complexity index is 526. The van der Waals surface area contributed by atoms with Crippen molar-refractivity contribution in [1.82, 2.24) is 0 Å². The number of hydrogen-bond acceptors (Lipinski definition) is 3. The number of benzene rings is 2. The molecule has 19 heavy (non-hydrogen) atoms. The quantitative estimate of drug-likeness (QED) is 0.834. The van der Waals surface area contributed by atoms with Gasteiger partial charge in [0.15, 0.2) is 0 Å². The normalized spacial score (nSPS) is 10.2. The highest BCUT2D eigenvalue weighted by atomic mass is 16.5. The van der Waals surface area contributed by atoms with Crippen LogP contribution in [0.15, 0.2) is 48.5 Å². The molecular formula is C16H20N2O. The molecular weight excluding hydrogens is 236 g/mol. The number of nitrogens with zero attached hydrogens (tertiary/aromatic N) is 1. The predicted molar refractivity (Wildman–Crippen MR) is 80.6 cm³/mol. The fourth-order valence-electron chi connectivity index (χ4n) is 2.09. The average molecular weight is 256 g/mol. The molecule has 0 aliphatic heterocycles. The average Bonchev–Trinajstić information content (AvgIpc) is 2.46. The molecule has 2 rings (SSSR count). The van der Waals surface area contributed by atoms with Gasteiger partial charge in [0.05, 0.1) is 12.8 Å². The number of rotatable bonds is 5. The monoisotopic (exact) mass is 256 g/mol. The number of anilines is 2. The van der Waals surface area contributed by atoms with Crippen LogP contribution in [0, 0.1) is 0 Å². The van der Waals surface area contributed by atoms with Gasteiger partial charge in [-0.25, -0.2) is 0 Å². The van der Waals surface area contributed by atoms with Crippen molar-refractivity contribution in [1.29, 1.82) is 0 Å². The van der Waals surface area contributed by atoms with Gasteiger partial charge >= 0.3 is 0 Å². The van der Waals surface area contributed by atoms with Gasteiger partial charge in [0.1, 0.15) is 5.75 Å². The van der Waals surface area contributed by atoms with Crippen LogP contribution in [-0.2, 0) is 6.54 Å². The first-order valence-electron chi connectivity index (χ1n) is 6.47. The molecule has 0 unspecified atom stereocenters. The summed E-state index contributed by atoms with van der Waals surface area (Å²) >= 11 is 0. The molecule has 3 heteroatoms. The molecule has 0 atom stereocenters. The third kappa shape index (κ3) is 3.19. The van der Waals surface area contributed by atoms with Gasteiger partial charge in [-0.1, -0.05) is 30.3 Å². The van der Waals surface area contributed by atoms with E-state index in [4.69, 9.17) is 10.5 Å². The Labute approximate surface area is 114 Å². The molecule has 0 aliphatic rings. The number of methoxy groups -OCH3 is 1. The van der Waals surface area contributed by atoms with Gasteiger partial charge in [-0.3, -0.25) is 0 Å². The molecule has 0 aromatic heterocycles. The van der Waals surface area contributed by atoms with Gasteiger partial charge in [-0.05, 0) is 24.6 Å². The second kappa shape index (κ2) is 6.14. The summed E-state index contributed by atoms with van der Waals surface area (Å²) in [5, 5.41) is 0. The highest BCUT2D eigenvalue weighted by molar-refractivity contribution is 5.62. The largest absolute Gasteiger partial charge is 0.495 e. The van der Waals surface area contributed by atoms with Crippen LogP contribution in [0.1, 0.15) is 12.5 Å². The second-order valence-electron chi connectivity index (χ2n) is 4.43.